The molecule has 0 aliphatic carbocycles. The largest absolute Gasteiger partial charge is 0.480 e. The molecular weight excluding hydrogens is 252 g/mol. The van der Waals surface area contributed by atoms with Crippen LogP contribution in [0.25, 0.3) is 0 Å². The number of carbonyl (C=O) groups is 3. The van der Waals surface area contributed by atoms with Gasteiger partial charge in [0.25, 0.3) is 0 Å². The van der Waals surface area contributed by atoms with Crippen LogP contribution in [0.2, 0.25) is 0 Å². The zero-order chi connectivity index (χ0) is 14.4. The van der Waals surface area contributed by atoms with E-state index in [-0.39, 0.29) is 18.8 Å². The van der Waals surface area contributed by atoms with Gasteiger partial charge < -0.3 is 26.8 Å². The Labute approximate surface area is 111 Å². The molecule has 2 atom stereocenters. The molecule has 0 aromatic rings. The fourth-order valence-electron chi connectivity index (χ4n) is 1.99. The molecule has 0 saturated carbocycles. The van der Waals surface area contributed by atoms with Crippen molar-refractivity contribution in [3.05, 3.63) is 0 Å². The molecule has 0 aromatic heterocycles. The Kier molecular flexibility index (Phi) is 5.56. The lowest BCUT2D eigenvalue weighted by molar-refractivity contribution is -0.139. The molecular formula is C11H20N4O4. The van der Waals surface area contributed by atoms with E-state index < -0.39 is 23.9 Å². The second-order valence-electron chi connectivity index (χ2n) is 4.68. The van der Waals surface area contributed by atoms with Gasteiger partial charge in [-0.3, -0.25) is 4.79 Å². The molecule has 8 heteroatoms. The third-order valence-corrected chi connectivity index (χ3v) is 3.18. The predicted octanol–water partition coefficient (Wildman–Crippen LogP) is -1.30. The van der Waals surface area contributed by atoms with E-state index in [0.717, 1.165) is 6.42 Å². The van der Waals surface area contributed by atoms with Gasteiger partial charge in [0, 0.05) is 19.5 Å². The number of nitrogens with zero attached hydrogens (tertiary/aromatic N) is 1. The number of rotatable bonds is 6. The smallest absolute Gasteiger partial charge is 0.326 e. The topological polar surface area (TPSA) is 139 Å². The van der Waals surface area contributed by atoms with E-state index in [9.17, 15) is 14.4 Å². The zero-order valence-electron chi connectivity index (χ0n) is 10.7. The van der Waals surface area contributed by atoms with Gasteiger partial charge in [-0.15, -0.1) is 0 Å². The first kappa shape index (κ1) is 15.2. The highest BCUT2D eigenvalue weighted by molar-refractivity contribution is 5.83. The summed E-state index contributed by atoms with van der Waals surface area (Å²) in [6, 6.07) is -1.54. The predicted molar refractivity (Wildman–Crippen MR) is 67.1 cm³/mol. The van der Waals surface area contributed by atoms with Crippen LogP contribution in [-0.2, 0) is 9.59 Å². The lowest BCUT2D eigenvalue weighted by Gasteiger charge is -2.20. The number of urea groups is 1. The molecule has 0 aromatic carbocycles. The number of amides is 3. The van der Waals surface area contributed by atoms with Crippen LogP contribution in [0.3, 0.4) is 0 Å². The Morgan fingerprint density at radius 3 is 2.58 bits per heavy atom. The van der Waals surface area contributed by atoms with Gasteiger partial charge in [0.2, 0.25) is 5.91 Å². The number of nitrogens with one attached hydrogen (secondary N) is 1. The highest BCUT2D eigenvalue weighted by Gasteiger charge is 2.28. The maximum atomic E-state index is 11.9. The van der Waals surface area contributed by atoms with Crippen LogP contribution in [0.5, 0.6) is 0 Å². The fraction of sp³-hybridized carbons (Fsp3) is 0.727. The number of carboxylic acids is 1. The Morgan fingerprint density at radius 2 is 2.11 bits per heavy atom. The first-order chi connectivity index (χ1) is 8.93. The third-order valence-electron chi connectivity index (χ3n) is 3.18. The number of nitrogens with two attached hydrogens (primary N) is 2. The van der Waals surface area contributed by atoms with E-state index >= 15 is 0 Å². The minimum absolute atomic E-state index is 0.00936. The number of hydrogen-bond acceptors (Lipinski definition) is 4. The summed E-state index contributed by atoms with van der Waals surface area (Å²) in [5, 5.41) is 11.4. The third kappa shape index (κ3) is 4.74. The lowest BCUT2D eigenvalue weighted by Crippen LogP contribution is -2.47. The van der Waals surface area contributed by atoms with Gasteiger partial charge in [-0.05, 0) is 25.3 Å². The molecule has 1 unspecified atom stereocenters. The molecule has 108 valence electrons. The zero-order valence-corrected chi connectivity index (χ0v) is 10.7. The van der Waals surface area contributed by atoms with E-state index in [4.69, 9.17) is 16.6 Å². The number of carbonyl (C=O) groups excluding carboxylic acids is 2. The normalized spacial score (nSPS) is 20.1. The second kappa shape index (κ2) is 6.93. The van der Waals surface area contributed by atoms with Gasteiger partial charge in [-0.25, -0.2) is 9.59 Å². The molecule has 1 aliphatic heterocycles. The fourth-order valence-corrected chi connectivity index (χ4v) is 1.99. The van der Waals surface area contributed by atoms with E-state index in [0.29, 0.717) is 19.6 Å². The lowest BCUT2D eigenvalue weighted by atomic mass is 10.1. The summed E-state index contributed by atoms with van der Waals surface area (Å²) in [5.41, 5.74) is 10.5. The van der Waals surface area contributed by atoms with Gasteiger partial charge in [0.1, 0.15) is 6.04 Å². The van der Waals surface area contributed by atoms with Crippen LogP contribution in [0, 0.1) is 5.92 Å². The van der Waals surface area contributed by atoms with Crippen molar-refractivity contribution >= 4 is 17.9 Å². The number of primary amides is 1. The van der Waals surface area contributed by atoms with Crippen LogP contribution < -0.4 is 16.8 Å². The SMILES string of the molecule is NCC1CCN(C(=O)N[C@H](CCC(N)=O)C(=O)O)C1. The van der Waals surface area contributed by atoms with Crippen molar-refractivity contribution in [1.82, 2.24) is 10.2 Å². The molecule has 0 radical (unpaired) electrons. The highest BCUT2D eigenvalue weighted by atomic mass is 16.4. The standard InChI is InChI=1S/C11H20N4O4/c12-5-7-3-4-15(6-7)11(19)14-8(10(17)18)1-2-9(13)16/h7-8H,1-6,12H2,(H2,13,16)(H,14,19)(H,17,18)/t7?,8-/m1/s1. The number of carboxylic acid groups (broad SMARTS) is 1. The first-order valence-electron chi connectivity index (χ1n) is 6.20. The molecule has 1 saturated heterocycles. The summed E-state index contributed by atoms with van der Waals surface area (Å²) in [4.78, 5) is 35.0. The second-order valence-corrected chi connectivity index (χ2v) is 4.68. The molecule has 1 heterocycles. The summed E-state index contributed by atoms with van der Waals surface area (Å²) >= 11 is 0. The average molecular weight is 272 g/mol. The van der Waals surface area contributed by atoms with Crippen molar-refractivity contribution in [2.24, 2.45) is 17.4 Å². The van der Waals surface area contributed by atoms with Crippen molar-refractivity contribution in [3.8, 4) is 0 Å². The Balaban J connectivity index is 2.47. The summed E-state index contributed by atoms with van der Waals surface area (Å²) in [7, 11) is 0. The molecule has 3 amide bonds. The van der Waals surface area contributed by atoms with Crippen molar-refractivity contribution in [3.63, 3.8) is 0 Å². The first-order valence-corrected chi connectivity index (χ1v) is 6.20. The molecule has 1 aliphatic rings. The molecule has 8 nitrogen and oxygen atoms in total. The Morgan fingerprint density at radius 1 is 1.42 bits per heavy atom. The molecule has 19 heavy (non-hydrogen) atoms. The van der Waals surface area contributed by atoms with Crippen LogP contribution in [0.4, 0.5) is 4.79 Å². The summed E-state index contributed by atoms with van der Waals surface area (Å²) < 4.78 is 0. The van der Waals surface area contributed by atoms with Crippen molar-refractivity contribution in [2.75, 3.05) is 19.6 Å². The minimum atomic E-state index is -1.18. The number of aliphatic carboxylic acids is 1. The highest BCUT2D eigenvalue weighted by Crippen LogP contribution is 2.14. The maximum Gasteiger partial charge on any atom is 0.326 e. The van der Waals surface area contributed by atoms with Gasteiger partial charge in [-0.2, -0.15) is 0 Å². The van der Waals surface area contributed by atoms with Gasteiger partial charge in [0.05, 0.1) is 0 Å². The monoisotopic (exact) mass is 272 g/mol. The van der Waals surface area contributed by atoms with Gasteiger partial charge >= 0.3 is 12.0 Å². The van der Waals surface area contributed by atoms with Gasteiger partial charge in [-0.1, -0.05) is 0 Å². The van der Waals surface area contributed by atoms with Crippen LogP contribution in [0.15, 0.2) is 0 Å². The van der Waals surface area contributed by atoms with Crippen molar-refractivity contribution < 1.29 is 19.5 Å². The average Bonchev–Trinajstić information content (AvgIpc) is 2.82. The molecule has 1 rings (SSSR count). The van der Waals surface area contributed by atoms with Crippen molar-refractivity contribution in [1.29, 1.82) is 0 Å². The van der Waals surface area contributed by atoms with E-state index in [1.807, 2.05) is 0 Å². The molecule has 0 spiro atoms. The van der Waals surface area contributed by atoms with E-state index in [1.165, 1.54) is 4.90 Å². The quantitative estimate of drug-likeness (QED) is 0.475. The number of likely N-dealkylation sites (tertiary alicyclic amines) is 1. The minimum Gasteiger partial charge on any atom is -0.480 e. The van der Waals surface area contributed by atoms with Crippen LogP contribution in [-0.4, -0.2) is 53.6 Å². The van der Waals surface area contributed by atoms with E-state index in [1.54, 1.807) is 0 Å². The summed E-state index contributed by atoms with van der Waals surface area (Å²) in [5.74, 6) is -1.51. The Hall–Kier alpha value is -1.83. The van der Waals surface area contributed by atoms with Gasteiger partial charge in [0.15, 0.2) is 0 Å². The van der Waals surface area contributed by atoms with Crippen LogP contribution in [0.1, 0.15) is 19.3 Å². The molecule has 0 bridgehead atoms. The summed E-state index contributed by atoms with van der Waals surface area (Å²) in [6.07, 6.45) is 0.732. The Bertz CT molecular complexity index is 361. The molecule has 6 N–H and O–H groups in total. The van der Waals surface area contributed by atoms with Crippen LogP contribution >= 0.6 is 0 Å². The molecule has 1 fully saturated rings. The summed E-state index contributed by atoms with van der Waals surface area (Å²) in [6.45, 7) is 1.61. The maximum absolute atomic E-state index is 11.9. The van der Waals surface area contributed by atoms with Crippen molar-refractivity contribution in [2.45, 2.75) is 25.3 Å². The number of hydrogen-bond donors (Lipinski definition) is 4. The van der Waals surface area contributed by atoms with E-state index in [2.05, 4.69) is 5.32 Å².